The van der Waals surface area contributed by atoms with E-state index in [9.17, 15) is 4.79 Å². The summed E-state index contributed by atoms with van der Waals surface area (Å²) in [6.07, 6.45) is 1.87. The monoisotopic (exact) mass is 493 g/mol. The van der Waals surface area contributed by atoms with E-state index in [-0.39, 0.29) is 17.3 Å². The zero-order chi connectivity index (χ0) is 22.0. The summed E-state index contributed by atoms with van der Waals surface area (Å²) < 4.78 is 6.01. The summed E-state index contributed by atoms with van der Waals surface area (Å²) >= 11 is 10.8. The molecule has 31 heavy (non-hydrogen) atoms. The average molecular weight is 494 g/mol. The molecule has 0 fully saturated rings. The Labute approximate surface area is 199 Å². The van der Waals surface area contributed by atoms with Gasteiger partial charge in [-0.15, -0.1) is 11.3 Å². The molecule has 0 aliphatic carbocycles. The molecular weight excluding hydrogens is 470 g/mol. The molecule has 2 aromatic heterocycles. The number of carbonyl (C=O) groups excluding carboxylic acids is 1. The molecule has 0 spiro atoms. The summed E-state index contributed by atoms with van der Waals surface area (Å²) in [7, 11) is 0. The van der Waals surface area contributed by atoms with Crippen LogP contribution < -0.4 is 5.32 Å². The highest BCUT2D eigenvalue weighted by atomic mass is 35.5. The molecule has 0 unspecified atom stereocenters. The number of thiophene rings is 1. The van der Waals surface area contributed by atoms with Crippen molar-refractivity contribution >= 4 is 68.3 Å². The molecule has 3 heterocycles. The number of hydrogen-bond donors (Lipinski definition) is 1. The number of benzene rings is 1. The maximum absolute atomic E-state index is 12.6. The van der Waals surface area contributed by atoms with Crippen LogP contribution in [0.4, 0.5) is 5.69 Å². The van der Waals surface area contributed by atoms with Gasteiger partial charge in [0.2, 0.25) is 5.91 Å². The minimum Gasteiger partial charge on any atom is -0.370 e. The van der Waals surface area contributed by atoms with Gasteiger partial charge in [-0.1, -0.05) is 48.1 Å². The number of ether oxygens (including phenoxy) is 1. The lowest BCUT2D eigenvalue weighted by Gasteiger charge is -2.30. The Kier molecular flexibility index (Phi) is 7.13. The molecule has 164 valence electrons. The zero-order valence-corrected chi connectivity index (χ0v) is 20.9. The molecule has 1 aliphatic heterocycles. The normalized spacial score (nSPS) is 15.1. The number of carbonyl (C=O) groups is 1. The van der Waals surface area contributed by atoms with Gasteiger partial charge in [0, 0.05) is 33.1 Å². The third-order valence-electron chi connectivity index (χ3n) is 4.76. The molecule has 3 aromatic rings. The van der Waals surface area contributed by atoms with Crippen LogP contribution in [0, 0.1) is 0 Å². The Bertz CT molecular complexity index is 1120. The van der Waals surface area contributed by atoms with Crippen LogP contribution in [0.1, 0.15) is 37.6 Å². The summed E-state index contributed by atoms with van der Waals surface area (Å²) in [4.78, 5) is 24.4. The van der Waals surface area contributed by atoms with Crippen molar-refractivity contribution < 1.29 is 9.53 Å². The second kappa shape index (κ2) is 9.67. The van der Waals surface area contributed by atoms with E-state index in [2.05, 4.69) is 26.1 Å². The smallest absolute Gasteiger partial charge is 0.234 e. The maximum atomic E-state index is 12.6. The van der Waals surface area contributed by atoms with Gasteiger partial charge in [-0.2, -0.15) is 0 Å². The number of hydrogen-bond acceptors (Lipinski definition) is 7. The van der Waals surface area contributed by atoms with Crippen LogP contribution in [-0.2, 0) is 22.6 Å². The van der Waals surface area contributed by atoms with Crippen molar-refractivity contribution in [2.75, 3.05) is 16.8 Å². The fourth-order valence-corrected chi connectivity index (χ4v) is 6.38. The van der Waals surface area contributed by atoms with E-state index >= 15 is 0 Å². The quantitative estimate of drug-likeness (QED) is 0.232. The molecule has 9 heteroatoms. The first-order valence-corrected chi connectivity index (χ1v) is 13.3. The molecule has 0 atom stereocenters. The molecular formula is C22H24ClN3O2S3. The van der Waals surface area contributed by atoms with Crippen LogP contribution in [0.25, 0.3) is 10.2 Å². The van der Waals surface area contributed by atoms with Crippen molar-refractivity contribution in [1.29, 1.82) is 0 Å². The molecule has 4 rings (SSSR count). The largest absolute Gasteiger partial charge is 0.370 e. The molecule has 0 bridgehead atoms. The lowest BCUT2D eigenvalue weighted by atomic mass is 9.95. The predicted molar refractivity (Wildman–Crippen MR) is 132 cm³/mol. The third kappa shape index (κ3) is 5.54. The van der Waals surface area contributed by atoms with Crippen LogP contribution >= 0.6 is 46.5 Å². The molecule has 1 aliphatic rings. The van der Waals surface area contributed by atoms with Crippen molar-refractivity contribution in [3.63, 3.8) is 0 Å². The van der Waals surface area contributed by atoms with E-state index in [0.29, 0.717) is 17.3 Å². The number of thioether (sulfide) groups is 2. The predicted octanol–water partition coefficient (Wildman–Crippen LogP) is 6.43. The number of nitrogens with one attached hydrogen (secondary N) is 1. The van der Waals surface area contributed by atoms with E-state index in [4.69, 9.17) is 26.3 Å². The molecule has 0 radical (unpaired) electrons. The Morgan fingerprint density at radius 1 is 1.32 bits per heavy atom. The van der Waals surface area contributed by atoms with Crippen LogP contribution in [-0.4, -0.2) is 33.0 Å². The number of rotatable bonds is 7. The molecule has 0 saturated carbocycles. The summed E-state index contributed by atoms with van der Waals surface area (Å²) in [6, 6.07) is 7.17. The van der Waals surface area contributed by atoms with Gasteiger partial charge in [-0.3, -0.25) is 4.79 Å². The highest BCUT2D eigenvalue weighted by molar-refractivity contribution is 8.00. The lowest BCUT2D eigenvalue weighted by molar-refractivity contribution is -0.113. The van der Waals surface area contributed by atoms with E-state index < -0.39 is 0 Å². The second-order valence-electron chi connectivity index (χ2n) is 7.92. The summed E-state index contributed by atoms with van der Waals surface area (Å²) in [5, 5.41) is 6.23. The molecule has 1 N–H and O–H groups in total. The van der Waals surface area contributed by atoms with Gasteiger partial charge >= 0.3 is 0 Å². The summed E-state index contributed by atoms with van der Waals surface area (Å²) in [5.74, 6) is 1.14. The lowest BCUT2D eigenvalue weighted by Crippen LogP contribution is -2.31. The number of fused-ring (bicyclic) bond motifs is 3. The standard InChI is InChI=1S/C22H24ClN3O2S3/c1-4-8-29-21-25-19(30-12-17(27)24-14-7-5-6-13(23)9-14)18-15-10-22(2,3)28-11-16(15)31-20(18)26-21/h5-7,9H,4,8,10-12H2,1-3H3,(H,24,27). The van der Waals surface area contributed by atoms with Crippen molar-refractivity contribution in [3.05, 3.63) is 39.7 Å². The Hall–Kier alpha value is -1.32. The van der Waals surface area contributed by atoms with Crippen molar-refractivity contribution in [2.45, 2.75) is 56.0 Å². The fourth-order valence-electron chi connectivity index (χ4n) is 3.35. The number of anilines is 1. The van der Waals surface area contributed by atoms with Gasteiger partial charge in [0.05, 0.1) is 18.0 Å². The van der Waals surface area contributed by atoms with Gasteiger partial charge in [-0.05, 0) is 44.0 Å². The van der Waals surface area contributed by atoms with E-state index in [1.165, 1.54) is 22.2 Å². The van der Waals surface area contributed by atoms with Crippen molar-refractivity contribution in [2.24, 2.45) is 0 Å². The first-order valence-electron chi connectivity index (χ1n) is 10.1. The summed E-state index contributed by atoms with van der Waals surface area (Å²) in [6.45, 7) is 6.96. The third-order valence-corrected chi connectivity index (χ3v) is 8.12. The van der Waals surface area contributed by atoms with Gasteiger partial charge in [0.15, 0.2) is 5.16 Å². The first kappa shape index (κ1) is 22.9. The second-order valence-corrected chi connectivity index (χ2v) is 11.5. The average Bonchev–Trinajstić information content (AvgIpc) is 3.07. The number of halogens is 1. The highest BCUT2D eigenvalue weighted by Gasteiger charge is 2.31. The molecule has 0 saturated heterocycles. The molecule has 1 aromatic carbocycles. The van der Waals surface area contributed by atoms with Crippen LogP contribution in [0.5, 0.6) is 0 Å². The number of nitrogens with zero attached hydrogens (tertiary/aromatic N) is 2. The van der Waals surface area contributed by atoms with Gasteiger partial charge in [0.1, 0.15) is 9.86 Å². The van der Waals surface area contributed by atoms with Gasteiger partial charge < -0.3 is 10.1 Å². The Balaban J connectivity index is 1.61. The van der Waals surface area contributed by atoms with Crippen LogP contribution in [0.15, 0.2) is 34.4 Å². The van der Waals surface area contributed by atoms with Gasteiger partial charge in [0.25, 0.3) is 0 Å². The SMILES string of the molecule is CCCSc1nc(SCC(=O)Nc2cccc(Cl)c2)c2c3c(sc2n1)COC(C)(C)C3. The molecule has 1 amide bonds. The maximum Gasteiger partial charge on any atom is 0.234 e. The van der Waals surface area contributed by atoms with Crippen LogP contribution in [0.3, 0.4) is 0 Å². The minimum atomic E-state index is -0.220. The zero-order valence-electron chi connectivity index (χ0n) is 17.7. The summed E-state index contributed by atoms with van der Waals surface area (Å²) in [5.41, 5.74) is 1.74. The van der Waals surface area contributed by atoms with E-state index in [0.717, 1.165) is 39.0 Å². The highest BCUT2D eigenvalue weighted by Crippen LogP contribution is 2.42. The van der Waals surface area contributed by atoms with Crippen molar-refractivity contribution in [1.82, 2.24) is 9.97 Å². The molecule has 5 nitrogen and oxygen atoms in total. The van der Waals surface area contributed by atoms with Crippen molar-refractivity contribution in [3.8, 4) is 0 Å². The van der Waals surface area contributed by atoms with E-state index in [1.54, 1.807) is 35.2 Å². The minimum absolute atomic E-state index is 0.0884. The number of amides is 1. The fraction of sp³-hybridized carbons (Fsp3) is 0.409. The number of aromatic nitrogens is 2. The topological polar surface area (TPSA) is 64.1 Å². The Morgan fingerprint density at radius 3 is 2.94 bits per heavy atom. The van der Waals surface area contributed by atoms with E-state index in [1.807, 2.05) is 12.1 Å². The first-order chi connectivity index (χ1) is 14.8. The Morgan fingerprint density at radius 2 is 2.16 bits per heavy atom. The van der Waals surface area contributed by atoms with Gasteiger partial charge in [-0.25, -0.2) is 9.97 Å². The van der Waals surface area contributed by atoms with Crippen LogP contribution in [0.2, 0.25) is 5.02 Å².